The molecule has 0 spiro atoms. The summed E-state index contributed by atoms with van der Waals surface area (Å²) in [6.07, 6.45) is 1.64. The van der Waals surface area contributed by atoms with Crippen LogP contribution in [0.3, 0.4) is 0 Å². The summed E-state index contributed by atoms with van der Waals surface area (Å²) in [5, 5.41) is 9.08. The summed E-state index contributed by atoms with van der Waals surface area (Å²) in [5.74, 6) is 0.0109. The van der Waals surface area contributed by atoms with Gasteiger partial charge >= 0.3 is 0 Å². The first-order chi connectivity index (χ1) is 15.9. The van der Waals surface area contributed by atoms with Crippen LogP contribution in [0.15, 0.2) is 42.5 Å². The molecular weight excluding hydrogens is 426 g/mol. The van der Waals surface area contributed by atoms with Crippen molar-refractivity contribution in [2.75, 3.05) is 32.2 Å². The minimum absolute atomic E-state index is 0.0589. The van der Waals surface area contributed by atoms with E-state index < -0.39 is 11.6 Å². The zero-order valence-corrected chi connectivity index (χ0v) is 18.4. The fraction of sp³-hybridized carbons (Fsp3) is 0.280. The van der Waals surface area contributed by atoms with E-state index in [0.717, 1.165) is 25.9 Å². The van der Waals surface area contributed by atoms with Crippen molar-refractivity contribution in [3.63, 3.8) is 0 Å². The molecule has 1 saturated heterocycles. The van der Waals surface area contributed by atoms with Crippen molar-refractivity contribution in [1.82, 2.24) is 4.98 Å². The molecule has 2 aromatic carbocycles. The highest BCUT2D eigenvalue weighted by atomic mass is 19.1. The number of methoxy groups -OCH3 is 2. The number of ether oxygens (including phenoxy) is 2. The summed E-state index contributed by atoms with van der Waals surface area (Å²) < 4.78 is 39.7. The van der Waals surface area contributed by atoms with Gasteiger partial charge in [0, 0.05) is 30.3 Å². The molecule has 6 nitrogen and oxygen atoms in total. The zero-order valence-electron chi connectivity index (χ0n) is 18.4. The van der Waals surface area contributed by atoms with Crippen molar-refractivity contribution < 1.29 is 18.3 Å². The van der Waals surface area contributed by atoms with E-state index in [0.29, 0.717) is 34.0 Å². The highest BCUT2D eigenvalue weighted by molar-refractivity contribution is 5.83. The summed E-state index contributed by atoms with van der Waals surface area (Å²) in [7, 11) is 2.89. The van der Waals surface area contributed by atoms with E-state index in [1.807, 2.05) is 12.1 Å². The van der Waals surface area contributed by atoms with Crippen LogP contribution in [-0.2, 0) is 0 Å². The molecule has 2 heterocycles. The van der Waals surface area contributed by atoms with Gasteiger partial charge in [0.2, 0.25) is 0 Å². The Morgan fingerprint density at radius 2 is 1.70 bits per heavy atom. The smallest absolute Gasteiger partial charge is 0.165 e. The molecule has 33 heavy (non-hydrogen) atoms. The lowest BCUT2D eigenvalue weighted by Gasteiger charge is -2.32. The van der Waals surface area contributed by atoms with Crippen LogP contribution in [-0.4, -0.2) is 38.3 Å². The molecular formula is C25H24F2N4O2. The topological polar surface area (TPSA) is 84.4 Å². The van der Waals surface area contributed by atoms with Crippen molar-refractivity contribution >= 4 is 5.82 Å². The SMILES string of the molecule is COc1ccc(-c2cc(N3CCC(N)CC3)nc(-c3ccc(C#N)c(F)c3)c2OC)cc1F. The Morgan fingerprint density at radius 3 is 2.30 bits per heavy atom. The quantitative estimate of drug-likeness (QED) is 0.616. The van der Waals surface area contributed by atoms with Gasteiger partial charge in [0.25, 0.3) is 0 Å². The lowest BCUT2D eigenvalue weighted by molar-refractivity contribution is 0.386. The minimum atomic E-state index is -0.648. The molecule has 0 amide bonds. The number of nitrogens with zero attached hydrogens (tertiary/aromatic N) is 3. The summed E-state index contributed by atoms with van der Waals surface area (Å²) in [6.45, 7) is 1.44. The molecule has 0 unspecified atom stereocenters. The normalized spacial score (nSPS) is 14.1. The van der Waals surface area contributed by atoms with Crippen LogP contribution in [0.1, 0.15) is 18.4 Å². The first-order valence-electron chi connectivity index (χ1n) is 10.6. The number of benzene rings is 2. The van der Waals surface area contributed by atoms with Gasteiger partial charge in [-0.15, -0.1) is 0 Å². The van der Waals surface area contributed by atoms with Crippen molar-refractivity contribution in [1.29, 1.82) is 5.26 Å². The number of halogens is 2. The molecule has 1 aromatic heterocycles. The molecule has 0 atom stereocenters. The standard InChI is InChI=1S/C25H24F2N4O2/c1-32-22-6-5-15(11-21(22)27)19-13-23(31-9-7-18(29)8-10-31)30-24(25(19)33-2)16-3-4-17(14-28)20(26)12-16/h3-6,11-13,18H,7-10,29H2,1-2H3. The monoisotopic (exact) mass is 450 g/mol. The first-order valence-corrected chi connectivity index (χ1v) is 10.6. The Balaban J connectivity index is 1.92. The van der Waals surface area contributed by atoms with Crippen LogP contribution in [0.5, 0.6) is 11.5 Å². The lowest BCUT2D eigenvalue weighted by Crippen LogP contribution is -2.40. The molecule has 3 aromatic rings. The Hall–Kier alpha value is -3.70. The number of anilines is 1. The maximum absolute atomic E-state index is 14.5. The van der Waals surface area contributed by atoms with E-state index in [1.54, 1.807) is 18.2 Å². The summed E-state index contributed by atoms with van der Waals surface area (Å²) in [4.78, 5) is 6.90. The second-order valence-corrected chi connectivity index (χ2v) is 7.89. The summed E-state index contributed by atoms with van der Waals surface area (Å²) in [6, 6.07) is 12.8. The van der Waals surface area contributed by atoms with Crippen LogP contribution in [0.4, 0.5) is 14.6 Å². The van der Waals surface area contributed by atoms with Gasteiger partial charge in [0.1, 0.15) is 23.4 Å². The van der Waals surface area contributed by atoms with Crippen LogP contribution in [0.2, 0.25) is 0 Å². The second kappa shape index (κ2) is 9.43. The van der Waals surface area contributed by atoms with Gasteiger partial charge < -0.3 is 20.1 Å². The fourth-order valence-corrected chi connectivity index (χ4v) is 4.01. The molecule has 1 fully saturated rings. The first kappa shape index (κ1) is 22.5. The molecule has 2 N–H and O–H groups in total. The van der Waals surface area contributed by atoms with E-state index in [9.17, 15) is 8.78 Å². The molecule has 0 saturated carbocycles. The molecule has 0 radical (unpaired) electrons. The van der Waals surface area contributed by atoms with Crippen LogP contribution < -0.4 is 20.1 Å². The average molecular weight is 450 g/mol. The highest BCUT2D eigenvalue weighted by Crippen LogP contribution is 2.41. The number of piperidine rings is 1. The number of hydrogen-bond donors (Lipinski definition) is 1. The number of rotatable bonds is 5. The Kier molecular flexibility index (Phi) is 6.43. The number of hydrogen-bond acceptors (Lipinski definition) is 6. The molecule has 4 rings (SSSR count). The summed E-state index contributed by atoms with van der Waals surface area (Å²) in [5.41, 5.74) is 8.04. The van der Waals surface area contributed by atoms with Gasteiger partial charge in [0.05, 0.1) is 19.8 Å². The largest absolute Gasteiger partial charge is 0.494 e. The predicted molar refractivity (Wildman–Crippen MR) is 122 cm³/mol. The summed E-state index contributed by atoms with van der Waals surface area (Å²) >= 11 is 0. The van der Waals surface area contributed by atoms with E-state index in [1.165, 1.54) is 32.4 Å². The van der Waals surface area contributed by atoms with Gasteiger partial charge in [-0.05, 0) is 48.7 Å². The lowest BCUT2D eigenvalue weighted by atomic mass is 9.99. The van der Waals surface area contributed by atoms with Crippen molar-refractivity contribution in [3.05, 3.63) is 59.7 Å². The van der Waals surface area contributed by atoms with Crippen LogP contribution in [0.25, 0.3) is 22.4 Å². The van der Waals surface area contributed by atoms with E-state index in [-0.39, 0.29) is 17.4 Å². The minimum Gasteiger partial charge on any atom is -0.494 e. The predicted octanol–water partition coefficient (Wildman–Crippen LogP) is 4.51. The second-order valence-electron chi connectivity index (χ2n) is 7.89. The molecule has 170 valence electrons. The fourth-order valence-electron chi connectivity index (χ4n) is 4.01. The Morgan fingerprint density at radius 1 is 1.00 bits per heavy atom. The maximum Gasteiger partial charge on any atom is 0.165 e. The van der Waals surface area contributed by atoms with Gasteiger partial charge in [-0.1, -0.05) is 12.1 Å². The molecule has 0 bridgehead atoms. The molecule has 0 aliphatic carbocycles. The molecule has 1 aliphatic heterocycles. The van der Waals surface area contributed by atoms with Crippen LogP contribution in [0, 0.1) is 23.0 Å². The third kappa shape index (κ3) is 4.45. The van der Waals surface area contributed by atoms with Crippen molar-refractivity contribution in [2.45, 2.75) is 18.9 Å². The number of pyridine rings is 1. The van der Waals surface area contributed by atoms with Gasteiger partial charge in [-0.2, -0.15) is 5.26 Å². The van der Waals surface area contributed by atoms with Crippen molar-refractivity contribution in [3.8, 4) is 40.0 Å². The third-order valence-corrected chi connectivity index (χ3v) is 5.85. The molecule has 1 aliphatic rings. The van der Waals surface area contributed by atoms with Gasteiger partial charge in [-0.3, -0.25) is 0 Å². The maximum atomic E-state index is 14.5. The Bertz CT molecular complexity index is 1220. The van der Waals surface area contributed by atoms with Gasteiger partial charge in [0.15, 0.2) is 17.3 Å². The Labute approximate surface area is 191 Å². The zero-order chi connectivity index (χ0) is 23.5. The molecule has 8 heteroatoms. The van der Waals surface area contributed by atoms with E-state index >= 15 is 0 Å². The van der Waals surface area contributed by atoms with Crippen molar-refractivity contribution in [2.24, 2.45) is 5.73 Å². The number of nitriles is 1. The van der Waals surface area contributed by atoms with Crippen LogP contribution >= 0.6 is 0 Å². The van der Waals surface area contributed by atoms with E-state index in [2.05, 4.69) is 4.90 Å². The average Bonchev–Trinajstić information content (AvgIpc) is 2.83. The third-order valence-electron chi connectivity index (χ3n) is 5.85. The number of nitrogens with two attached hydrogens (primary N) is 1. The van der Waals surface area contributed by atoms with Gasteiger partial charge in [-0.25, -0.2) is 13.8 Å². The van der Waals surface area contributed by atoms with E-state index in [4.69, 9.17) is 25.5 Å². The highest BCUT2D eigenvalue weighted by Gasteiger charge is 2.23. The number of aromatic nitrogens is 1.